The second-order valence-electron chi connectivity index (χ2n) is 5.53. The third kappa shape index (κ3) is 2.27. The number of hydrogen-bond acceptors (Lipinski definition) is 2. The molecule has 0 spiro atoms. The van der Waals surface area contributed by atoms with E-state index in [4.69, 9.17) is 10.5 Å². The smallest absolute Gasteiger partial charge is 0.130 e. The molecule has 0 bridgehead atoms. The molecule has 0 unspecified atom stereocenters. The van der Waals surface area contributed by atoms with E-state index < -0.39 is 5.60 Å². The molecule has 0 saturated carbocycles. The van der Waals surface area contributed by atoms with Gasteiger partial charge in [-0.3, -0.25) is 0 Å². The van der Waals surface area contributed by atoms with E-state index in [1.807, 2.05) is 32.0 Å². The van der Waals surface area contributed by atoms with Crippen LogP contribution in [-0.2, 0) is 0 Å². The highest BCUT2D eigenvalue weighted by atomic mass is 19.1. The van der Waals surface area contributed by atoms with E-state index in [0.29, 0.717) is 5.69 Å². The van der Waals surface area contributed by atoms with Gasteiger partial charge in [0.1, 0.15) is 17.2 Å². The molecule has 0 atom stereocenters. The Morgan fingerprint density at radius 1 is 1.05 bits per heavy atom. The van der Waals surface area contributed by atoms with Crippen LogP contribution in [0.2, 0.25) is 0 Å². The Bertz CT molecular complexity index is 687. The molecule has 0 radical (unpaired) electrons. The standard InChI is InChI=1S/C17H16FNO/c1-17(2)10-15(11-3-5-12(18)6-4-11)14-8-7-13(19)9-16(14)20-17/h3-10H,19H2,1-2H3. The van der Waals surface area contributed by atoms with Crippen molar-refractivity contribution < 1.29 is 9.13 Å². The maximum Gasteiger partial charge on any atom is 0.130 e. The minimum atomic E-state index is -0.426. The quantitative estimate of drug-likeness (QED) is 0.794. The molecule has 2 aromatic carbocycles. The summed E-state index contributed by atoms with van der Waals surface area (Å²) < 4.78 is 19.0. The van der Waals surface area contributed by atoms with Gasteiger partial charge in [-0.25, -0.2) is 4.39 Å². The molecule has 0 amide bonds. The lowest BCUT2D eigenvalue weighted by Gasteiger charge is -2.31. The van der Waals surface area contributed by atoms with Crippen LogP contribution in [0.5, 0.6) is 5.75 Å². The fraction of sp³-hybridized carbons (Fsp3) is 0.176. The van der Waals surface area contributed by atoms with E-state index in [2.05, 4.69) is 6.08 Å². The Labute approximate surface area is 117 Å². The highest BCUT2D eigenvalue weighted by Crippen LogP contribution is 2.40. The molecule has 2 aromatic rings. The largest absolute Gasteiger partial charge is 0.483 e. The van der Waals surface area contributed by atoms with Gasteiger partial charge in [0, 0.05) is 17.3 Å². The van der Waals surface area contributed by atoms with Crippen molar-refractivity contribution >= 4 is 11.3 Å². The summed E-state index contributed by atoms with van der Waals surface area (Å²) in [6, 6.07) is 12.1. The van der Waals surface area contributed by atoms with Gasteiger partial charge in [0.05, 0.1) is 0 Å². The molecular weight excluding hydrogens is 253 g/mol. The number of hydrogen-bond donors (Lipinski definition) is 1. The van der Waals surface area contributed by atoms with Gasteiger partial charge in [0.2, 0.25) is 0 Å². The molecular formula is C17H16FNO. The third-order valence-electron chi connectivity index (χ3n) is 3.32. The molecule has 1 heterocycles. The molecule has 1 aliphatic heterocycles. The Balaban J connectivity index is 2.18. The first kappa shape index (κ1) is 12.7. The number of nitrogens with two attached hydrogens (primary N) is 1. The van der Waals surface area contributed by atoms with Crippen LogP contribution >= 0.6 is 0 Å². The summed E-state index contributed by atoms with van der Waals surface area (Å²) in [6.45, 7) is 3.98. The van der Waals surface area contributed by atoms with Crippen molar-refractivity contribution in [1.29, 1.82) is 0 Å². The van der Waals surface area contributed by atoms with Gasteiger partial charge in [-0.2, -0.15) is 0 Å². The molecule has 2 nitrogen and oxygen atoms in total. The van der Waals surface area contributed by atoms with Gasteiger partial charge < -0.3 is 10.5 Å². The zero-order valence-corrected chi connectivity index (χ0v) is 11.5. The van der Waals surface area contributed by atoms with Crippen LogP contribution in [0.3, 0.4) is 0 Å². The van der Waals surface area contributed by atoms with Crippen LogP contribution in [0.25, 0.3) is 5.57 Å². The lowest BCUT2D eigenvalue weighted by molar-refractivity contribution is 0.158. The topological polar surface area (TPSA) is 35.2 Å². The molecule has 20 heavy (non-hydrogen) atoms. The summed E-state index contributed by atoms with van der Waals surface area (Å²) in [4.78, 5) is 0. The van der Waals surface area contributed by atoms with Crippen molar-refractivity contribution in [2.75, 3.05) is 5.73 Å². The van der Waals surface area contributed by atoms with Crippen molar-refractivity contribution in [3.63, 3.8) is 0 Å². The van der Waals surface area contributed by atoms with Crippen LogP contribution in [0, 0.1) is 5.82 Å². The Morgan fingerprint density at radius 3 is 2.45 bits per heavy atom. The molecule has 3 heteroatoms. The van der Waals surface area contributed by atoms with Gasteiger partial charge in [0.15, 0.2) is 0 Å². The van der Waals surface area contributed by atoms with E-state index in [9.17, 15) is 4.39 Å². The Hall–Kier alpha value is -2.29. The molecule has 3 rings (SSSR count). The van der Waals surface area contributed by atoms with Crippen LogP contribution < -0.4 is 10.5 Å². The summed E-state index contributed by atoms with van der Waals surface area (Å²) in [6.07, 6.45) is 2.05. The molecule has 2 N–H and O–H groups in total. The zero-order chi connectivity index (χ0) is 14.3. The number of fused-ring (bicyclic) bond motifs is 1. The number of ether oxygens (including phenoxy) is 1. The summed E-state index contributed by atoms with van der Waals surface area (Å²) in [5.41, 5.74) is 9.05. The van der Waals surface area contributed by atoms with E-state index in [-0.39, 0.29) is 5.82 Å². The van der Waals surface area contributed by atoms with Gasteiger partial charge >= 0.3 is 0 Å². The first-order chi connectivity index (χ1) is 9.44. The van der Waals surface area contributed by atoms with E-state index in [1.165, 1.54) is 12.1 Å². The van der Waals surface area contributed by atoms with Crippen molar-refractivity contribution in [3.05, 3.63) is 65.5 Å². The molecule has 0 saturated heterocycles. The van der Waals surface area contributed by atoms with Gasteiger partial charge in [-0.1, -0.05) is 12.1 Å². The molecule has 0 aromatic heterocycles. The number of nitrogen functional groups attached to an aromatic ring is 1. The van der Waals surface area contributed by atoms with Gasteiger partial charge in [-0.05, 0) is 55.3 Å². The molecule has 102 valence electrons. The van der Waals surface area contributed by atoms with Crippen molar-refractivity contribution in [2.24, 2.45) is 0 Å². The summed E-state index contributed by atoms with van der Waals surface area (Å²) in [7, 11) is 0. The predicted molar refractivity (Wildman–Crippen MR) is 79.0 cm³/mol. The SMILES string of the molecule is CC1(C)C=C(c2ccc(F)cc2)c2ccc(N)cc2O1. The fourth-order valence-electron chi connectivity index (χ4n) is 2.45. The Morgan fingerprint density at radius 2 is 1.75 bits per heavy atom. The molecule has 0 fully saturated rings. The van der Waals surface area contributed by atoms with Crippen molar-refractivity contribution in [3.8, 4) is 5.75 Å². The normalized spacial score (nSPS) is 16.1. The number of halogens is 1. The van der Waals surface area contributed by atoms with Crippen LogP contribution in [-0.4, -0.2) is 5.60 Å². The first-order valence-corrected chi connectivity index (χ1v) is 6.52. The maximum absolute atomic E-state index is 13.1. The fourth-order valence-corrected chi connectivity index (χ4v) is 2.45. The summed E-state index contributed by atoms with van der Waals surface area (Å²) in [5.74, 6) is 0.523. The van der Waals surface area contributed by atoms with E-state index in [0.717, 1.165) is 22.4 Å². The zero-order valence-electron chi connectivity index (χ0n) is 11.5. The number of benzene rings is 2. The Kier molecular flexibility index (Phi) is 2.78. The molecule has 0 aliphatic carbocycles. The van der Waals surface area contributed by atoms with E-state index in [1.54, 1.807) is 12.1 Å². The summed E-state index contributed by atoms with van der Waals surface area (Å²) in [5, 5.41) is 0. The lowest BCUT2D eigenvalue weighted by atomic mass is 9.90. The minimum Gasteiger partial charge on any atom is -0.483 e. The van der Waals surface area contributed by atoms with E-state index >= 15 is 0 Å². The average molecular weight is 269 g/mol. The van der Waals surface area contributed by atoms with Crippen molar-refractivity contribution in [1.82, 2.24) is 0 Å². The van der Waals surface area contributed by atoms with Crippen molar-refractivity contribution in [2.45, 2.75) is 19.4 Å². The number of anilines is 1. The highest BCUT2D eigenvalue weighted by Gasteiger charge is 2.27. The monoisotopic (exact) mass is 269 g/mol. The second kappa shape index (κ2) is 4.37. The van der Waals surface area contributed by atoms with Gasteiger partial charge in [0.25, 0.3) is 0 Å². The maximum atomic E-state index is 13.1. The van der Waals surface area contributed by atoms with Crippen LogP contribution in [0.15, 0.2) is 48.5 Å². The van der Waals surface area contributed by atoms with Gasteiger partial charge in [-0.15, -0.1) is 0 Å². The molecule has 1 aliphatic rings. The minimum absolute atomic E-state index is 0.238. The second-order valence-corrected chi connectivity index (χ2v) is 5.53. The summed E-state index contributed by atoms with van der Waals surface area (Å²) >= 11 is 0. The predicted octanol–water partition coefficient (Wildman–Crippen LogP) is 4.01. The average Bonchev–Trinajstić information content (AvgIpc) is 2.37. The number of rotatable bonds is 1. The third-order valence-corrected chi connectivity index (χ3v) is 3.32. The van der Waals surface area contributed by atoms with Crippen LogP contribution in [0.1, 0.15) is 25.0 Å². The highest BCUT2D eigenvalue weighted by molar-refractivity contribution is 5.85. The van der Waals surface area contributed by atoms with Crippen LogP contribution in [0.4, 0.5) is 10.1 Å². The lowest BCUT2D eigenvalue weighted by Crippen LogP contribution is -2.29. The first-order valence-electron chi connectivity index (χ1n) is 6.52.